The molecule has 0 aliphatic carbocycles. The third kappa shape index (κ3) is 3.87. The van der Waals surface area contributed by atoms with Crippen LogP contribution in [0, 0.1) is 11.3 Å². The number of fused-ring (bicyclic) bond motifs is 1. The van der Waals surface area contributed by atoms with E-state index in [-0.39, 0.29) is 12.2 Å². The Kier molecular flexibility index (Phi) is 5.55. The summed E-state index contributed by atoms with van der Waals surface area (Å²) in [7, 11) is 0. The number of carbonyl (C=O) groups excluding carboxylic acids is 1. The molecule has 0 bridgehead atoms. The summed E-state index contributed by atoms with van der Waals surface area (Å²) in [6.45, 7) is 2.66. The molecule has 0 fully saturated rings. The van der Waals surface area contributed by atoms with Crippen molar-refractivity contribution in [1.29, 1.82) is 5.26 Å². The Morgan fingerprint density at radius 2 is 1.96 bits per heavy atom. The Hall–Kier alpha value is -2.84. The van der Waals surface area contributed by atoms with Gasteiger partial charge in [-0.05, 0) is 36.8 Å². The van der Waals surface area contributed by atoms with Crippen LogP contribution >= 0.6 is 15.9 Å². The van der Waals surface area contributed by atoms with Crippen molar-refractivity contribution in [3.05, 3.63) is 75.9 Å². The number of halogens is 1. The van der Waals surface area contributed by atoms with Gasteiger partial charge in [-0.15, -0.1) is 0 Å². The lowest BCUT2D eigenvalue weighted by Crippen LogP contribution is -2.05. The second kappa shape index (κ2) is 8.03. The van der Waals surface area contributed by atoms with E-state index in [0.29, 0.717) is 6.54 Å². The molecule has 0 atom stereocenters. The molecule has 0 aliphatic rings. The van der Waals surface area contributed by atoms with Crippen molar-refractivity contribution in [1.82, 2.24) is 4.57 Å². The predicted molar refractivity (Wildman–Crippen MR) is 105 cm³/mol. The number of carbonyl (C=O) groups is 1. The van der Waals surface area contributed by atoms with Crippen LogP contribution in [0.25, 0.3) is 17.0 Å². The van der Waals surface area contributed by atoms with Gasteiger partial charge in [0, 0.05) is 33.7 Å². The summed E-state index contributed by atoms with van der Waals surface area (Å²) in [4.78, 5) is 11.9. The van der Waals surface area contributed by atoms with Crippen molar-refractivity contribution in [2.75, 3.05) is 6.61 Å². The van der Waals surface area contributed by atoms with Gasteiger partial charge in [-0.3, -0.25) is 0 Å². The molecular weight excluding hydrogens is 392 g/mol. The van der Waals surface area contributed by atoms with Crippen molar-refractivity contribution >= 4 is 38.9 Å². The molecule has 2 aromatic carbocycles. The van der Waals surface area contributed by atoms with Crippen molar-refractivity contribution in [3.63, 3.8) is 0 Å². The van der Waals surface area contributed by atoms with Gasteiger partial charge in [-0.1, -0.05) is 46.3 Å². The van der Waals surface area contributed by atoms with Gasteiger partial charge in [0.1, 0.15) is 11.6 Å². The van der Waals surface area contributed by atoms with E-state index in [1.807, 2.05) is 48.7 Å². The standard InChI is InChI=1S/C21H17BrN2O2/c1-2-26-21(25)16(12-23)11-17-14-24(20-6-4-3-5-19(17)20)13-15-7-9-18(22)10-8-15/h3-11,14H,2,13H2,1H3. The van der Waals surface area contributed by atoms with Gasteiger partial charge in [-0.25, -0.2) is 4.79 Å². The Morgan fingerprint density at radius 1 is 1.23 bits per heavy atom. The molecule has 1 heterocycles. The van der Waals surface area contributed by atoms with Gasteiger partial charge >= 0.3 is 5.97 Å². The number of hydrogen-bond donors (Lipinski definition) is 0. The van der Waals surface area contributed by atoms with Crippen LogP contribution in [0.4, 0.5) is 0 Å². The molecule has 0 aliphatic heterocycles. The quantitative estimate of drug-likeness (QED) is 0.341. The molecule has 4 nitrogen and oxygen atoms in total. The highest BCUT2D eigenvalue weighted by atomic mass is 79.9. The number of nitriles is 1. The fourth-order valence-corrected chi connectivity index (χ4v) is 3.07. The summed E-state index contributed by atoms with van der Waals surface area (Å²) in [6.07, 6.45) is 3.56. The minimum atomic E-state index is -0.597. The number of nitrogens with zero attached hydrogens (tertiary/aromatic N) is 2. The number of benzene rings is 2. The average molecular weight is 409 g/mol. The van der Waals surface area contributed by atoms with E-state index in [2.05, 4.69) is 32.6 Å². The van der Waals surface area contributed by atoms with E-state index in [1.54, 1.807) is 13.0 Å². The maximum Gasteiger partial charge on any atom is 0.348 e. The van der Waals surface area contributed by atoms with Gasteiger partial charge in [0.15, 0.2) is 0 Å². The molecule has 0 N–H and O–H groups in total. The Bertz CT molecular complexity index is 1010. The van der Waals surface area contributed by atoms with Gasteiger partial charge in [-0.2, -0.15) is 5.26 Å². The van der Waals surface area contributed by atoms with Crippen LogP contribution < -0.4 is 0 Å². The maximum atomic E-state index is 11.9. The second-order valence-electron chi connectivity index (χ2n) is 5.75. The van der Waals surface area contributed by atoms with Crippen LogP contribution in [-0.2, 0) is 16.1 Å². The van der Waals surface area contributed by atoms with Crippen molar-refractivity contribution in [2.45, 2.75) is 13.5 Å². The first kappa shape index (κ1) is 18.0. The fraction of sp³-hybridized carbons (Fsp3) is 0.143. The highest BCUT2D eigenvalue weighted by molar-refractivity contribution is 9.10. The van der Waals surface area contributed by atoms with Crippen LogP contribution in [0.2, 0.25) is 0 Å². The summed E-state index contributed by atoms with van der Waals surface area (Å²) < 4.78 is 8.10. The first-order valence-electron chi connectivity index (χ1n) is 8.23. The monoisotopic (exact) mass is 408 g/mol. The van der Waals surface area contributed by atoms with Gasteiger partial charge in [0.25, 0.3) is 0 Å². The predicted octanol–water partition coefficient (Wildman–Crippen LogP) is 4.92. The first-order chi connectivity index (χ1) is 12.6. The van der Waals surface area contributed by atoms with E-state index >= 15 is 0 Å². The summed E-state index contributed by atoms with van der Waals surface area (Å²) >= 11 is 3.45. The van der Waals surface area contributed by atoms with E-state index in [9.17, 15) is 10.1 Å². The van der Waals surface area contributed by atoms with Gasteiger partial charge in [0.05, 0.1) is 6.61 Å². The average Bonchev–Trinajstić information content (AvgIpc) is 2.99. The molecule has 26 heavy (non-hydrogen) atoms. The van der Waals surface area contributed by atoms with Crippen LogP contribution in [0.15, 0.2) is 64.8 Å². The highest BCUT2D eigenvalue weighted by Gasteiger charge is 2.13. The lowest BCUT2D eigenvalue weighted by molar-refractivity contribution is -0.137. The fourth-order valence-electron chi connectivity index (χ4n) is 2.81. The van der Waals surface area contributed by atoms with E-state index in [0.717, 1.165) is 26.5 Å². The van der Waals surface area contributed by atoms with Crippen LogP contribution in [0.3, 0.4) is 0 Å². The minimum absolute atomic E-state index is 0.00149. The van der Waals surface area contributed by atoms with Crippen molar-refractivity contribution in [3.8, 4) is 6.07 Å². The first-order valence-corrected chi connectivity index (χ1v) is 9.03. The third-order valence-corrected chi connectivity index (χ3v) is 4.53. The molecule has 3 rings (SSSR count). The lowest BCUT2D eigenvalue weighted by Gasteiger charge is -2.05. The van der Waals surface area contributed by atoms with Crippen molar-refractivity contribution < 1.29 is 9.53 Å². The highest BCUT2D eigenvalue weighted by Crippen LogP contribution is 2.25. The zero-order valence-corrected chi connectivity index (χ0v) is 15.9. The number of para-hydroxylation sites is 1. The molecule has 0 amide bonds. The van der Waals surface area contributed by atoms with E-state index in [4.69, 9.17) is 4.74 Å². The zero-order chi connectivity index (χ0) is 18.5. The number of aromatic nitrogens is 1. The van der Waals surface area contributed by atoms with Crippen LogP contribution in [0.5, 0.6) is 0 Å². The third-order valence-electron chi connectivity index (χ3n) is 4.00. The van der Waals surface area contributed by atoms with Gasteiger partial charge in [0.2, 0.25) is 0 Å². The summed E-state index contributed by atoms with van der Waals surface area (Å²) in [5, 5.41) is 10.3. The Labute approximate surface area is 160 Å². The smallest absolute Gasteiger partial charge is 0.348 e. The molecule has 3 aromatic rings. The number of ether oxygens (including phenoxy) is 1. The number of hydrogen-bond acceptors (Lipinski definition) is 3. The molecule has 130 valence electrons. The molecule has 0 radical (unpaired) electrons. The molecule has 0 saturated heterocycles. The maximum absolute atomic E-state index is 11.9. The summed E-state index contributed by atoms with van der Waals surface area (Å²) in [5.74, 6) is -0.597. The Balaban J connectivity index is 2.03. The number of esters is 1. The van der Waals surface area contributed by atoms with E-state index in [1.165, 1.54) is 0 Å². The van der Waals surface area contributed by atoms with Crippen LogP contribution in [0.1, 0.15) is 18.1 Å². The lowest BCUT2D eigenvalue weighted by atomic mass is 10.1. The zero-order valence-electron chi connectivity index (χ0n) is 14.3. The molecule has 0 saturated carbocycles. The minimum Gasteiger partial charge on any atom is -0.462 e. The second-order valence-corrected chi connectivity index (χ2v) is 6.66. The summed E-state index contributed by atoms with van der Waals surface area (Å²) in [6, 6.07) is 18.0. The normalized spacial score (nSPS) is 11.3. The molecule has 1 aromatic heterocycles. The topological polar surface area (TPSA) is 55.0 Å². The van der Waals surface area contributed by atoms with Gasteiger partial charge < -0.3 is 9.30 Å². The summed E-state index contributed by atoms with van der Waals surface area (Å²) in [5.41, 5.74) is 3.03. The van der Waals surface area contributed by atoms with Crippen molar-refractivity contribution in [2.24, 2.45) is 0 Å². The van der Waals surface area contributed by atoms with Crippen LogP contribution in [-0.4, -0.2) is 17.1 Å². The number of rotatable bonds is 5. The Morgan fingerprint density at radius 3 is 2.65 bits per heavy atom. The molecule has 0 spiro atoms. The molecular formula is C21H17BrN2O2. The van der Waals surface area contributed by atoms with E-state index < -0.39 is 5.97 Å². The molecule has 0 unspecified atom stereocenters. The largest absolute Gasteiger partial charge is 0.462 e. The molecule has 5 heteroatoms. The SMILES string of the molecule is CCOC(=O)C(C#N)=Cc1cn(Cc2ccc(Br)cc2)c2ccccc12.